The average molecular weight is 401 g/mol. The number of hydrogen-bond acceptors (Lipinski definition) is 5. The molecule has 3 aromatic rings. The smallest absolute Gasteiger partial charge is 0.420 e. The Morgan fingerprint density at radius 2 is 1.96 bits per heavy atom. The highest BCUT2D eigenvalue weighted by Crippen LogP contribution is 2.38. The van der Waals surface area contributed by atoms with Crippen LogP contribution in [-0.4, -0.2) is 24.9 Å². The van der Waals surface area contributed by atoms with Crippen molar-refractivity contribution in [3.63, 3.8) is 0 Å². The van der Waals surface area contributed by atoms with Crippen molar-refractivity contribution in [3.8, 4) is 17.2 Å². The lowest BCUT2D eigenvalue weighted by atomic mass is 10.1. The molecule has 1 aromatic heterocycles. The molecule has 0 saturated heterocycles. The zero-order valence-electron chi connectivity index (χ0n) is 13.7. The van der Waals surface area contributed by atoms with E-state index in [9.17, 15) is 23.1 Å². The summed E-state index contributed by atoms with van der Waals surface area (Å²) in [7, 11) is 1.40. The van der Waals surface area contributed by atoms with Crippen LogP contribution in [0.15, 0.2) is 41.2 Å². The number of aryl methyl sites for hydroxylation is 1. The molecule has 0 aliphatic rings. The van der Waals surface area contributed by atoms with Crippen molar-refractivity contribution in [2.45, 2.75) is 12.8 Å². The molecule has 3 rings (SSSR count). The van der Waals surface area contributed by atoms with E-state index in [1.165, 1.54) is 19.2 Å². The summed E-state index contributed by atoms with van der Waals surface area (Å²) in [6, 6.07) is 7.23. The van der Waals surface area contributed by atoms with Gasteiger partial charge in [0.2, 0.25) is 0 Å². The summed E-state index contributed by atoms with van der Waals surface area (Å²) >= 11 is 6.15. The van der Waals surface area contributed by atoms with E-state index in [0.29, 0.717) is 6.07 Å². The summed E-state index contributed by atoms with van der Waals surface area (Å²) in [6.45, 7) is -0.369. The Balaban J connectivity index is 1.99. The Bertz CT molecular complexity index is 1050. The molecule has 1 heterocycles. The highest BCUT2D eigenvalue weighted by molar-refractivity contribution is 6.31. The van der Waals surface area contributed by atoms with Crippen LogP contribution in [0.3, 0.4) is 0 Å². The SMILES string of the molecule is Cn1nnn(-c2cccc(Cl)c2COc2ccc(O)cc2C(F)(F)F)c1=O. The van der Waals surface area contributed by atoms with Crippen LogP contribution in [0.25, 0.3) is 5.69 Å². The monoisotopic (exact) mass is 400 g/mol. The van der Waals surface area contributed by atoms with Crippen LogP contribution >= 0.6 is 11.6 Å². The van der Waals surface area contributed by atoms with Crippen molar-refractivity contribution in [2.24, 2.45) is 7.05 Å². The predicted molar refractivity (Wildman–Crippen MR) is 89.1 cm³/mol. The number of tetrazole rings is 1. The van der Waals surface area contributed by atoms with Gasteiger partial charge in [-0.2, -0.15) is 22.5 Å². The number of hydrogen-bond donors (Lipinski definition) is 1. The van der Waals surface area contributed by atoms with Crippen molar-refractivity contribution in [1.82, 2.24) is 19.8 Å². The molecule has 2 aromatic carbocycles. The second kappa shape index (κ2) is 6.95. The number of aromatic nitrogens is 4. The summed E-state index contributed by atoms with van der Waals surface area (Å²) in [5.74, 6) is -1.03. The fourth-order valence-electron chi connectivity index (χ4n) is 2.37. The summed E-state index contributed by atoms with van der Waals surface area (Å²) in [4.78, 5) is 12.1. The lowest BCUT2D eigenvalue weighted by Gasteiger charge is -2.16. The van der Waals surface area contributed by atoms with E-state index in [1.54, 1.807) is 6.07 Å². The molecule has 27 heavy (non-hydrogen) atoms. The van der Waals surface area contributed by atoms with Gasteiger partial charge >= 0.3 is 11.9 Å². The number of rotatable bonds is 4. The molecule has 1 N–H and O–H groups in total. The maximum Gasteiger partial charge on any atom is 0.420 e. The number of nitrogens with zero attached hydrogens (tertiary/aromatic N) is 4. The predicted octanol–water partition coefficient (Wildman–Crippen LogP) is 2.92. The summed E-state index contributed by atoms with van der Waals surface area (Å²) in [5.41, 5.74) is -1.21. The minimum absolute atomic E-state index is 0.178. The first kappa shape index (κ1) is 18.8. The molecule has 11 heteroatoms. The Kier molecular flexibility index (Phi) is 4.83. The van der Waals surface area contributed by atoms with Crippen LogP contribution in [0.5, 0.6) is 11.5 Å². The minimum atomic E-state index is -4.72. The van der Waals surface area contributed by atoms with Crippen LogP contribution < -0.4 is 10.4 Å². The van der Waals surface area contributed by atoms with Crippen LogP contribution in [0, 0.1) is 0 Å². The van der Waals surface area contributed by atoms with Gasteiger partial charge in [-0.15, -0.1) is 0 Å². The molecule has 0 radical (unpaired) electrons. The van der Waals surface area contributed by atoms with E-state index in [-0.39, 0.29) is 22.9 Å². The van der Waals surface area contributed by atoms with E-state index in [4.69, 9.17) is 16.3 Å². The minimum Gasteiger partial charge on any atom is -0.508 e. The van der Waals surface area contributed by atoms with Gasteiger partial charge in [0.05, 0.1) is 5.69 Å². The molecule has 0 saturated carbocycles. The van der Waals surface area contributed by atoms with Crippen molar-refractivity contribution in [2.75, 3.05) is 0 Å². The zero-order valence-corrected chi connectivity index (χ0v) is 14.5. The van der Waals surface area contributed by atoms with Crippen molar-refractivity contribution >= 4 is 11.6 Å². The van der Waals surface area contributed by atoms with E-state index >= 15 is 0 Å². The van der Waals surface area contributed by atoms with Gasteiger partial charge in [0, 0.05) is 17.6 Å². The van der Waals surface area contributed by atoms with Crippen LogP contribution in [0.4, 0.5) is 13.2 Å². The first-order valence-corrected chi connectivity index (χ1v) is 7.86. The summed E-state index contributed by atoms with van der Waals surface area (Å²) in [6.07, 6.45) is -4.72. The van der Waals surface area contributed by atoms with Crippen LogP contribution in [-0.2, 0) is 19.8 Å². The highest BCUT2D eigenvalue weighted by atomic mass is 35.5. The molecule has 0 bridgehead atoms. The number of phenols is 1. The van der Waals surface area contributed by atoms with Gasteiger partial charge < -0.3 is 9.84 Å². The van der Waals surface area contributed by atoms with Crippen molar-refractivity contribution in [3.05, 3.63) is 63.0 Å². The molecule has 0 atom stereocenters. The lowest BCUT2D eigenvalue weighted by Crippen LogP contribution is -2.23. The third kappa shape index (κ3) is 3.75. The molecule has 0 fully saturated rings. The van der Waals surface area contributed by atoms with E-state index < -0.39 is 28.9 Å². The Morgan fingerprint density at radius 3 is 2.59 bits per heavy atom. The second-order valence-electron chi connectivity index (χ2n) is 5.50. The highest BCUT2D eigenvalue weighted by Gasteiger charge is 2.35. The molecule has 0 spiro atoms. The molecule has 7 nitrogen and oxygen atoms in total. The number of alkyl halides is 3. The van der Waals surface area contributed by atoms with E-state index in [0.717, 1.165) is 21.5 Å². The van der Waals surface area contributed by atoms with Crippen molar-refractivity contribution < 1.29 is 23.0 Å². The molecular weight excluding hydrogens is 389 g/mol. The lowest BCUT2D eigenvalue weighted by molar-refractivity contribution is -0.139. The van der Waals surface area contributed by atoms with E-state index in [2.05, 4.69) is 10.4 Å². The van der Waals surface area contributed by atoms with Crippen molar-refractivity contribution in [1.29, 1.82) is 0 Å². The number of benzene rings is 2. The normalized spacial score (nSPS) is 11.6. The number of phenolic OH excluding ortho intramolecular Hbond substituents is 1. The van der Waals surface area contributed by atoms with Crippen LogP contribution in [0.1, 0.15) is 11.1 Å². The van der Waals surface area contributed by atoms with Gasteiger partial charge in [0.1, 0.15) is 23.7 Å². The third-order valence-electron chi connectivity index (χ3n) is 3.68. The van der Waals surface area contributed by atoms with Gasteiger partial charge in [-0.05, 0) is 40.8 Å². The molecule has 142 valence electrons. The molecule has 0 unspecified atom stereocenters. The molecule has 0 amide bonds. The fourth-order valence-corrected chi connectivity index (χ4v) is 2.59. The molecule has 0 aliphatic carbocycles. The number of aromatic hydroxyl groups is 1. The second-order valence-corrected chi connectivity index (χ2v) is 5.91. The first-order valence-electron chi connectivity index (χ1n) is 7.48. The first-order chi connectivity index (χ1) is 12.7. The average Bonchev–Trinajstić information content (AvgIpc) is 2.93. The van der Waals surface area contributed by atoms with Gasteiger partial charge in [0.15, 0.2) is 0 Å². The molecule has 0 aliphatic heterocycles. The Hall–Kier alpha value is -3.01. The Labute approximate surface area is 155 Å². The van der Waals surface area contributed by atoms with Gasteiger partial charge in [-0.25, -0.2) is 4.79 Å². The van der Waals surface area contributed by atoms with E-state index in [1.807, 2.05) is 0 Å². The summed E-state index contributed by atoms with van der Waals surface area (Å²) in [5, 5.41) is 16.8. The quantitative estimate of drug-likeness (QED) is 0.728. The number of halogens is 4. The van der Waals surface area contributed by atoms with Gasteiger partial charge in [-0.3, -0.25) is 0 Å². The van der Waals surface area contributed by atoms with Gasteiger partial charge in [-0.1, -0.05) is 17.7 Å². The van der Waals surface area contributed by atoms with Crippen LogP contribution in [0.2, 0.25) is 5.02 Å². The van der Waals surface area contributed by atoms with Gasteiger partial charge in [0.25, 0.3) is 0 Å². The summed E-state index contributed by atoms with van der Waals surface area (Å²) < 4.78 is 46.7. The fraction of sp³-hybridized carbons (Fsp3) is 0.188. The largest absolute Gasteiger partial charge is 0.508 e. The maximum atomic E-state index is 13.1. The zero-order chi connectivity index (χ0) is 19.8. The maximum absolute atomic E-state index is 13.1. The molecular formula is C16H12ClF3N4O3. The standard InChI is InChI=1S/C16H12ClF3N4O3/c1-23-15(26)24(22-21-23)13-4-2-3-12(17)10(13)8-27-14-6-5-9(25)7-11(14)16(18,19)20/h2-7,25H,8H2,1H3. The number of ether oxygens (including phenoxy) is 1. The Morgan fingerprint density at radius 1 is 1.22 bits per heavy atom. The topological polar surface area (TPSA) is 82.2 Å². The third-order valence-corrected chi connectivity index (χ3v) is 4.04.